The third-order valence-corrected chi connectivity index (χ3v) is 1.06. The van der Waals surface area contributed by atoms with Crippen LogP contribution in [0.2, 0.25) is 0 Å². The van der Waals surface area contributed by atoms with Crippen LogP contribution in [0.5, 0.6) is 0 Å². The summed E-state index contributed by atoms with van der Waals surface area (Å²) in [5.74, 6) is -1.24. The summed E-state index contributed by atoms with van der Waals surface area (Å²) in [6.07, 6.45) is -9.60. The fourth-order valence-electron chi connectivity index (χ4n) is 0.382. The number of esters is 1. The molecule has 2 unspecified atom stereocenters. The van der Waals surface area contributed by atoms with Gasteiger partial charge in [0.1, 0.15) is 0 Å². The minimum atomic E-state index is -3.52. The molecule has 0 heterocycles. The van der Waals surface area contributed by atoms with Crippen LogP contribution in [0, 0.1) is 0 Å². The maximum absolute atomic E-state index is 12.3. The predicted octanol–water partition coefficient (Wildman–Crippen LogP) is 2.00. The zero-order chi connectivity index (χ0) is 10.6. The van der Waals surface area contributed by atoms with Crippen LogP contribution in [0.25, 0.3) is 0 Å². The van der Waals surface area contributed by atoms with Crippen LogP contribution in [0.15, 0.2) is 12.2 Å². The van der Waals surface area contributed by atoms with E-state index in [0.29, 0.717) is 0 Å². The van der Waals surface area contributed by atoms with Crippen LogP contribution in [0.3, 0.4) is 0 Å². The van der Waals surface area contributed by atoms with E-state index in [1.54, 1.807) is 0 Å². The second-order valence-electron chi connectivity index (χ2n) is 2.32. The van der Waals surface area contributed by atoms with Crippen molar-refractivity contribution in [2.75, 3.05) is 0 Å². The fraction of sp³-hybridized carbons (Fsp3) is 0.571. The summed E-state index contributed by atoms with van der Waals surface area (Å²) in [4.78, 5) is 10.5. The van der Waals surface area contributed by atoms with Gasteiger partial charge in [0.05, 0.1) is 0 Å². The molecule has 76 valence electrons. The van der Waals surface area contributed by atoms with E-state index in [2.05, 4.69) is 11.3 Å². The van der Waals surface area contributed by atoms with Crippen molar-refractivity contribution in [3.05, 3.63) is 12.2 Å². The monoisotopic (exact) mass is 200 g/mol. The molecule has 0 aliphatic rings. The zero-order valence-electron chi connectivity index (χ0n) is 6.77. The minimum absolute atomic E-state index is 0.191. The van der Waals surface area contributed by atoms with Crippen LogP contribution in [-0.4, -0.2) is 24.9 Å². The summed E-state index contributed by atoms with van der Waals surface area (Å²) in [7, 11) is 0. The van der Waals surface area contributed by atoms with Crippen molar-refractivity contribution in [2.24, 2.45) is 0 Å². The Bertz CT molecular complexity index is 205. The van der Waals surface area contributed by atoms with E-state index < -0.39 is 24.9 Å². The molecule has 0 N–H and O–H groups in total. The number of carbonyl (C=O) groups is 1. The molecule has 2 nitrogen and oxygen atoms in total. The van der Waals surface area contributed by atoms with Gasteiger partial charge in [-0.2, -0.15) is 4.39 Å². The summed E-state index contributed by atoms with van der Waals surface area (Å²) in [5, 5.41) is 0. The van der Waals surface area contributed by atoms with Gasteiger partial charge in [0, 0.05) is 5.57 Å². The molecule has 0 saturated carbocycles. The van der Waals surface area contributed by atoms with Crippen molar-refractivity contribution in [3.8, 4) is 0 Å². The Hall–Kier alpha value is -1.07. The van der Waals surface area contributed by atoms with Crippen LogP contribution in [0.4, 0.5) is 17.6 Å². The van der Waals surface area contributed by atoms with E-state index in [-0.39, 0.29) is 5.57 Å². The van der Waals surface area contributed by atoms with Crippen LogP contribution in [0.1, 0.15) is 6.92 Å². The molecule has 0 aromatic heterocycles. The molecular weight excluding hydrogens is 192 g/mol. The highest BCUT2D eigenvalue weighted by Crippen LogP contribution is 2.15. The van der Waals surface area contributed by atoms with Crippen LogP contribution < -0.4 is 0 Å². The van der Waals surface area contributed by atoms with Gasteiger partial charge in [-0.25, -0.2) is 18.0 Å². The third kappa shape index (κ3) is 3.91. The minimum Gasteiger partial charge on any atom is -0.424 e. The van der Waals surface area contributed by atoms with Gasteiger partial charge in [0.15, 0.2) is 0 Å². The van der Waals surface area contributed by atoms with E-state index >= 15 is 0 Å². The number of halogens is 4. The Morgan fingerprint density at radius 3 is 2.08 bits per heavy atom. The topological polar surface area (TPSA) is 26.3 Å². The van der Waals surface area contributed by atoms with Crippen molar-refractivity contribution in [1.82, 2.24) is 0 Å². The molecule has 0 spiro atoms. The number of ether oxygens (including phenoxy) is 1. The van der Waals surface area contributed by atoms with Crippen molar-refractivity contribution in [2.45, 2.75) is 25.9 Å². The van der Waals surface area contributed by atoms with E-state index in [4.69, 9.17) is 0 Å². The average Bonchev–Trinajstić information content (AvgIpc) is 2.02. The Balaban J connectivity index is 4.07. The van der Waals surface area contributed by atoms with E-state index in [0.717, 1.165) is 0 Å². The molecule has 0 aliphatic carbocycles. The Labute approximate surface area is 72.2 Å². The zero-order valence-corrected chi connectivity index (χ0v) is 6.77. The van der Waals surface area contributed by atoms with E-state index in [1.807, 2.05) is 0 Å². The average molecular weight is 200 g/mol. The number of rotatable bonds is 4. The number of hydrogen-bond donors (Lipinski definition) is 0. The SMILES string of the molecule is C=C(C)C(=O)OC(F)C(F)C(F)F. The molecule has 0 aliphatic heterocycles. The molecule has 0 amide bonds. The molecule has 0 bridgehead atoms. The van der Waals surface area contributed by atoms with Crippen molar-refractivity contribution < 1.29 is 27.1 Å². The van der Waals surface area contributed by atoms with Crippen molar-refractivity contribution in [3.63, 3.8) is 0 Å². The molecule has 0 fully saturated rings. The van der Waals surface area contributed by atoms with Crippen LogP contribution in [-0.2, 0) is 9.53 Å². The second-order valence-corrected chi connectivity index (χ2v) is 2.32. The first-order valence-electron chi connectivity index (χ1n) is 3.29. The lowest BCUT2D eigenvalue weighted by atomic mass is 10.3. The van der Waals surface area contributed by atoms with Gasteiger partial charge in [0.25, 0.3) is 12.8 Å². The lowest BCUT2D eigenvalue weighted by Gasteiger charge is -2.13. The summed E-state index contributed by atoms with van der Waals surface area (Å²) in [5.41, 5.74) is -0.191. The number of alkyl halides is 4. The number of hydrogen-bond acceptors (Lipinski definition) is 2. The molecule has 0 saturated heterocycles. The van der Waals surface area contributed by atoms with E-state index in [1.165, 1.54) is 6.92 Å². The Kier molecular flexibility index (Phi) is 4.44. The molecule has 13 heavy (non-hydrogen) atoms. The first-order valence-corrected chi connectivity index (χ1v) is 3.29. The fourth-order valence-corrected chi connectivity index (χ4v) is 0.382. The summed E-state index contributed by atoms with van der Waals surface area (Å²) in [6.45, 7) is 4.25. The lowest BCUT2D eigenvalue weighted by molar-refractivity contribution is -0.167. The van der Waals surface area contributed by atoms with Crippen molar-refractivity contribution >= 4 is 5.97 Å². The molecule has 0 rings (SSSR count). The standard InChI is InChI=1S/C7H8F4O2/c1-3(2)7(12)13-6(11)4(8)5(9)10/h4-6H,1H2,2H3. The highest BCUT2D eigenvalue weighted by Gasteiger charge is 2.32. The molecule has 6 heteroatoms. The number of carbonyl (C=O) groups excluding carboxylic acids is 1. The Morgan fingerprint density at radius 2 is 1.77 bits per heavy atom. The third-order valence-electron chi connectivity index (χ3n) is 1.06. The van der Waals surface area contributed by atoms with Gasteiger partial charge in [-0.15, -0.1) is 0 Å². The second kappa shape index (κ2) is 4.84. The lowest BCUT2D eigenvalue weighted by Crippen LogP contribution is -2.29. The molecule has 0 aromatic carbocycles. The van der Waals surface area contributed by atoms with Crippen molar-refractivity contribution in [1.29, 1.82) is 0 Å². The van der Waals surface area contributed by atoms with Gasteiger partial charge in [-0.3, -0.25) is 0 Å². The Morgan fingerprint density at radius 1 is 1.31 bits per heavy atom. The summed E-state index contributed by atoms with van der Waals surface area (Å²) < 4.78 is 51.1. The molecule has 0 aromatic rings. The normalized spacial score (nSPS) is 15.2. The van der Waals surface area contributed by atoms with Gasteiger partial charge in [-0.05, 0) is 6.92 Å². The first kappa shape index (κ1) is 11.9. The highest BCUT2D eigenvalue weighted by atomic mass is 19.3. The van der Waals surface area contributed by atoms with Gasteiger partial charge in [0.2, 0.25) is 6.17 Å². The van der Waals surface area contributed by atoms with Gasteiger partial charge >= 0.3 is 5.97 Å². The molecule has 2 atom stereocenters. The smallest absolute Gasteiger partial charge is 0.335 e. The molecular formula is C7H8F4O2. The molecule has 0 radical (unpaired) electrons. The van der Waals surface area contributed by atoms with Gasteiger partial charge < -0.3 is 4.74 Å². The summed E-state index contributed by atoms with van der Waals surface area (Å²) >= 11 is 0. The maximum Gasteiger partial charge on any atom is 0.335 e. The first-order chi connectivity index (χ1) is 5.86. The van der Waals surface area contributed by atoms with E-state index in [9.17, 15) is 22.4 Å². The summed E-state index contributed by atoms with van der Waals surface area (Å²) in [6, 6.07) is 0. The predicted molar refractivity (Wildman–Crippen MR) is 36.7 cm³/mol. The maximum atomic E-state index is 12.3. The highest BCUT2D eigenvalue weighted by molar-refractivity contribution is 5.87. The largest absolute Gasteiger partial charge is 0.424 e. The van der Waals surface area contributed by atoms with Gasteiger partial charge in [-0.1, -0.05) is 6.58 Å². The van der Waals surface area contributed by atoms with Crippen LogP contribution >= 0.6 is 0 Å². The quantitative estimate of drug-likeness (QED) is 0.394.